The van der Waals surface area contributed by atoms with Crippen LogP contribution < -0.4 is 24.4 Å². The summed E-state index contributed by atoms with van der Waals surface area (Å²) in [5, 5.41) is 0. The van der Waals surface area contributed by atoms with E-state index >= 15 is 0 Å². The van der Waals surface area contributed by atoms with Crippen molar-refractivity contribution in [2.45, 2.75) is 19.8 Å². The standard InChI is InChI=1S/C20H22O6/c1-12(2)13-7-6-8-15(21)16(9-13)26-20(22)14-10-17(23-3)19(25-5)18(11-14)24-4/h6-12H,1-5H3. The highest BCUT2D eigenvalue weighted by molar-refractivity contribution is 5.92. The molecule has 6 heteroatoms. The van der Waals surface area contributed by atoms with Crippen LogP contribution in [0.3, 0.4) is 0 Å². The van der Waals surface area contributed by atoms with Crippen molar-refractivity contribution >= 4 is 5.97 Å². The van der Waals surface area contributed by atoms with E-state index in [-0.39, 0.29) is 22.7 Å². The van der Waals surface area contributed by atoms with Crippen LogP contribution in [0.4, 0.5) is 0 Å². The van der Waals surface area contributed by atoms with Crippen LogP contribution in [0.1, 0.15) is 35.7 Å². The summed E-state index contributed by atoms with van der Waals surface area (Å²) < 4.78 is 21.1. The molecule has 0 aromatic heterocycles. The van der Waals surface area contributed by atoms with Crippen molar-refractivity contribution in [3.05, 3.63) is 57.7 Å². The van der Waals surface area contributed by atoms with Crippen LogP contribution in [-0.4, -0.2) is 27.3 Å². The van der Waals surface area contributed by atoms with Gasteiger partial charge in [-0.2, -0.15) is 0 Å². The highest BCUT2D eigenvalue weighted by Gasteiger charge is 2.19. The fourth-order valence-corrected chi connectivity index (χ4v) is 2.40. The molecule has 0 aliphatic rings. The van der Waals surface area contributed by atoms with Crippen molar-refractivity contribution in [2.24, 2.45) is 0 Å². The Bertz CT molecular complexity index is 832. The number of esters is 1. The summed E-state index contributed by atoms with van der Waals surface area (Å²) in [6, 6.07) is 9.37. The van der Waals surface area contributed by atoms with E-state index in [1.165, 1.54) is 39.5 Å². The average Bonchev–Trinajstić information content (AvgIpc) is 2.82. The predicted octanol–water partition coefficient (Wildman–Crippen LogP) is 3.42. The number of benzene rings is 1. The Morgan fingerprint density at radius 2 is 1.50 bits per heavy atom. The third-order valence-corrected chi connectivity index (χ3v) is 3.85. The summed E-state index contributed by atoms with van der Waals surface area (Å²) >= 11 is 0. The van der Waals surface area contributed by atoms with Gasteiger partial charge in [-0.1, -0.05) is 26.0 Å². The molecule has 0 saturated carbocycles. The number of carbonyl (C=O) groups is 1. The minimum atomic E-state index is -0.692. The average molecular weight is 358 g/mol. The molecule has 0 aliphatic carbocycles. The third-order valence-electron chi connectivity index (χ3n) is 3.85. The van der Waals surface area contributed by atoms with E-state index in [4.69, 9.17) is 18.9 Å². The number of rotatable bonds is 6. The Kier molecular flexibility index (Phi) is 6.22. The molecule has 0 amide bonds. The van der Waals surface area contributed by atoms with Crippen molar-refractivity contribution in [1.29, 1.82) is 0 Å². The van der Waals surface area contributed by atoms with Crippen molar-refractivity contribution in [2.75, 3.05) is 21.3 Å². The summed E-state index contributed by atoms with van der Waals surface area (Å²) in [4.78, 5) is 24.7. The van der Waals surface area contributed by atoms with Gasteiger partial charge >= 0.3 is 5.97 Å². The Balaban J connectivity index is 2.44. The summed E-state index contributed by atoms with van der Waals surface area (Å²) in [5.74, 6) is 0.467. The molecule has 0 N–H and O–H groups in total. The maximum absolute atomic E-state index is 12.6. The molecule has 0 saturated heterocycles. The van der Waals surface area contributed by atoms with Gasteiger partial charge in [-0.05, 0) is 35.7 Å². The lowest BCUT2D eigenvalue weighted by molar-refractivity contribution is 0.0732. The first-order chi connectivity index (χ1) is 12.4. The molecule has 138 valence electrons. The molecule has 2 rings (SSSR count). The summed E-state index contributed by atoms with van der Waals surface area (Å²) in [6.45, 7) is 3.98. The first kappa shape index (κ1) is 19.3. The van der Waals surface area contributed by atoms with Gasteiger partial charge in [0.15, 0.2) is 17.2 Å². The monoisotopic (exact) mass is 358 g/mol. The van der Waals surface area contributed by atoms with Crippen molar-refractivity contribution in [1.82, 2.24) is 0 Å². The topological polar surface area (TPSA) is 71.1 Å². The molecule has 0 aliphatic heterocycles. The van der Waals surface area contributed by atoms with E-state index in [1.807, 2.05) is 19.9 Å². The Morgan fingerprint density at radius 3 is 2.00 bits per heavy atom. The van der Waals surface area contributed by atoms with Gasteiger partial charge in [0.25, 0.3) is 0 Å². The normalized spacial score (nSPS) is 10.4. The van der Waals surface area contributed by atoms with E-state index in [0.717, 1.165) is 5.56 Å². The molecule has 0 unspecified atom stereocenters. The zero-order chi connectivity index (χ0) is 19.3. The lowest BCUT2D eigenvalue weighted by atomic mass is 10.1. The van der Waals surface area contributed by atoms with Crippen LogP contribution in [-0.2, 0) is 0 Å². The van der Waals surface area contributed by atoms with Crippen molar-refractivity contribution < 1.29 is 23.7 Å². The SMILES string of the molecule is COc1cc(C(=O)Oc2cc(C(C)C)cccc2=O)cc(OC)c1OC. The maximum atomic E-state index is 12.6. The Hall–Kier alpha value is -3.02. The smallest absolute Gasteiger partial charge is 0.343 e. The molecule has 0 atom stereocenters. The molecule has 0 radical (unpaired) electrons. The van der Waals surface area contributed by atoms with Gasteiger partial charge in [-0.15, -0.1) is 0 Å². The largest absolute Gasteiger partial charge is 0.493 e. The summed E-state index contributed by atoms with van der Waals surface area (Å²) in [7, 11) is 4.38. The van der Waals surface area contributed by atoms with E-state index in [1.54, 1.807) is 12.1 Å². The van der Waals surface area contributed by atoms with E-state index in [2.05, 4.69) is 0 Å². The minimum absolute atomic E-state index is 0.0301. The first-order valence-electron chi connectivity index (χ1n) is 8.07. The van der Waals surface area contributed by atoms with Gasteiger partial charge in [0.2, 0.25) is 11.2 Å². The van der Waals surface area contributed by atoms with Crippen LogP contribution >= 0.6 is 0 Å². The predicted molar refractivity (Wildman–Crippen MR) is 97.9 cm³/mol. The molecule has 0 spiro atoms. The van der Waals surface area contributed by atoms with Crippen molar-refractivity contribution in [3.8, 4) is 23.0 Å². The van der Waals surface area contributed by atoms with Gasteiger partial charge in [0.1, 0.15) is 0 Å². The number of hydrogen-bond acceptors (Lipinski definition) is 6. The number of carbonyl (C=O) groups excluding carboxylic acids is 1. The van der Waals surface area contributed by atoms with E-state index < -0.39 is 5.97 Å². The summed E-state index contributed by atoms with van der Waals surface area (Å²) in [6.07, 6.45) is 0. The van der Waals surface area contributed by atoms with Crippen LogP contribution in [0.2, 0.25) is 0 Å². The number of hydrogen-bond donors (Lipinski definition) is 0. The first-order valence-corrected chi connectivity index (χ1v) is 8.07. The second kappa shape index (κ2) is 8.38. The number of ether oxygens (including phenoxy) is 4. The zero-order valence-corrected chi connectivity index (χ0v) is 15.5. The highest BCUT2D eigenvalue weighted by atomic mass is 16.5. The molecule has 6 nitrogen and oxygen atoms in total. The van der Waals surface area contributed by atoms with Gasteiger partial charge in [0, 0.05) is 0 Å². The molecule has 0 fully saturated rings. The highest BCUT2D eigenvalue weighted by Crippen LogP contribution is 2.38. The van der Waals surface area contributed by atoms with Crippen LogP contribution in [0.25, 0.3) is 0 Å². The van der Waals surface area contributed by atoms with E-state index in [0.29, 0.717) is 17.2 Å². The second-order valence-electron chi connectivity index (χ2n) is 5.86. The van der Waals surface area contributed by atoms with Gasteiger partial charge < -0.3 is 18.9 Å². The molecule has 0 heterocycles. The second-order valence-corrected chi connectivity index (χ2v) is 5.86. The molecule has 0 bridgehead atoms. The molecular weight excluding hydrogens is 336 g/mol. The van der Waals surface area contributed by atoms with Crippen LogP contribution in [0, 0.1) is 0 Å². The summed E-state index contributed by atoms with van der Waals surface area (Å²) in [5.41, 5.74) is 0.689. The maximum Gasteiger partial charge on any atom is 0.343 e. The van der Waals surface area contributed by atoms with Gasteiger partial charge in [0.05, 0.1) is 26.9 Å². The quantitative estimate of drug-likeness (QED) is 0.737. The minimum Gasteiger partial charge on any atom is -0.493 e. The lowest BCUT2D eigenvalue weighted by Crippen LogP contribution is -2.14. The van der Waals surface area contributed by atoms with Crippen LogP contribution in [0.5, 0.6) is 23.0 Å². The number of methoxy groups -OCH3 is 3. The molecule has 2 aromatic carbocycles. The third kappa shape index (κ3) is 4.14. The Labute approximate surface area is 152 Å². The van der Waals surface area contributed by atoms with Gasteiger partial charge in [-0.3, -0.25) is 4.79 Å². The fourth-order valence-electron chi connectivity index (χ4n) is 2.40. The van der Waals surface area contributed by atoms with Crippen LogP contribution in [0.15, 0.2) is 41.2 Å². The molecular formula is C20H22O6. The van der Waals surface area contributed by atoms with Crippen molar-refractivity contribution in [3.63, 3.8) is 0 Å². The lowest BCUT2D eigenvalue weighted by Gasteiger charge is -2.13. The molecule has 2 aromatic rings. The van der Waals surface area contributed by atoms with Gasteiger partial charge in [-0.25, -0.2) is 4.79 Å². The fraction of sp³-hybridized carbons (Fsp3) is 0.300. The molecule has 26 heavy (non-hydrogen) atoms. The zero-order valence-electron chi connectivity index (χ0n) is 15.5. The Morgan fingerprint density at radius 1 is 0.885 bits per heavy atom. The van der Waals surface area contributed by atoms with E-state index in [9.17, 15) is 9.59 Å².